The van der Waals surface area contributed by atoms with E-state index in [0.717, 1.165) is 0 Å². The van der Waals surface area contributed by atoms with Crippen LogP contribution in [0.5, 0.6) is 5.75 Å². The van der Waals surface area contributed by atoms with Gasteiger partial charge in [0.15, 0.2) is 5.70 Å². The van der Waals surface area contributed by atoms with Crippen LogP contribution in [0.2, 0.25) is 0 Å². The Balaban J connectivity index is 3.16. The van der Waals surface area contributed by atoms with Gasteiger partial charge in [-0.1, -0.05) is 12.1 Å². The Morgan fingerprint density at radius 3 is 2.80 bits per heavy atom. The van der Waals surface area contributed by atoms with E-state index in [4.69, 9.17) is 21.6 Å². The van der Waals surface area contributed by atoms with Gasteiger partial charge in [0.05, 0.1) is 12.8 Å². The van der Waals surface area contributed by atoms with E-state index in [-0.39, 0.29) is 5.70 Å². The highest BCUT2D eigenvalue weighted by Gasteiger charge is 2.04. The lowest BCUT2D eigenvalue weighted by Gasteiger charge is -2.06. The summed E-state index contributed by atoms with van der Waals surface area (Å²) in [5.41, 5.74) is 9.09. The molecule has 0 saturated carbocycles. The number of nitriles is 1. The van der Waals surface area contributed by atoms with Crippen molar-refractivity contribution in [1.29, 1.82) is 5.26 Å². The van der Waals surface area contributed by atoms with Crippen LogP contribution in [0, 0.1) is 11.3 Å². The fourth-order valence-electron chi connectivity index (χ4n) is 1.11. The molecule has 15 heavy (non-hydrogen) atoms. The predicted octanol–water partition coefficient (Wildman–Crippen LogP) is 0.309. The van der Waals surface area contributed by atoms with Crippen LogP contribution >= 0.6 is 0 Å². The van der Waals surface area contributed by atoms with E-state index < -0.39 is 0 Å². The fourth-order valence-corrected chi connectivity index (χ4v) is 1.11. The van der Waals surface area contributed by atoms with Gasteiger partial charge in [-0.25, -0.2) is 5.84 Å². The summed E-state index contributed by atoms with van der Waals surface area (Å²) in [5, 5.41) is 8.72. The van der Waals surface area contributed by atoms with Crippen molar-refractivity contribution in [3.8, 4) is 11.8 Å². The van der Waals surface area contributed by atoms with Gasteiger partial charge >= 0.3 is 0 Å². The number of rotatable bonds is 3. The van der Waals surface area contributed by atoms with Crippen molar-refractivity contribution in [3.05, 3.63) is 35.5 Å². The van der Waals surface area contributed by atoms with Crippen molar-refractivity contribution >= 4 is 5.70 Å². The molecule has 0 bridgehead atoms. The Bertz CT molecular complexity index is 420. The van der Waals surface area contributed by atoms with Crippen LogP contribution in [-0.4, -0.2) is 7.11 Å². The third-order valence-electron chi connectivity index (χ3n) is 1.91. The molecule has 0 amide bonds. The first-order valence-corrected chi connectivity index (χ1v) is 4.23. The van der Waals surface area contributed by atoms with E-state index in [1.165, 1.54) is 0 Å². The highest BCUT2D eigenvalue weighted by molar-refractivity contribution is 5.69. The van der Waals surface area contributed by atoms with E-state index in [2.05, 4.69) is 5.43 Å². The summed E-state index contributed by atoms with van der Waals surface area (Å²) >= 11 is 0. The van der Waals surface area contributed by atoms with E-state index in [9.17, 15) is 0 Å². The van der Waals surface area contributed by atoms with Crippen molar-refractivity contribution in [2.75, 3.05) is 7.11 Å². The molecular weight excluding hydrogens is 192 g/mol. The maximum absolute atomic E-state index is 8.72. The number of allylic oxidation sites excluding steroid dienone is 1. The average molecular weight is 204 g/mol. The Morgan fingerprint density at radius 2 is 2.27 bits per heavy atom. The van der Waals surface area contributed by atoms with Gasteiger partial charge in [-0.05, 0) is 12.1 Å². The number of benzene rings is 1. The van der Waals surface area contributed by atoms with Crippen LogP contribution in [0.15, 0.2) is 30.0 Å². The van der Waals surface area contributed by atoms with E-state index in [1.807, 2.05) is 6.07 Å². The summed E-state index contributed by atoms with van der Waals surface area (Å²) in [4.78, 5) is 0. The zero-order valence-electron chi connectivity index (χ0n) is 8.32. The Kier molecular flexibility index (Phi) is 3.55. The first-order chi connectivity index (χ1) is 7.22. The molecule has 0 aliphatic rings. The fraction of sp³-hybridized carbons (Fsp3) is 0.100. The molecule has 0 fully saturated rings. The van der Waals surface area contributed by atoms with Gasteiger partial charge in [0, 0.05) is 5.56 Å². The molecule has 5 N–H and O–H groups in total. The summed E-state index contributed by atoms with van der Waals surface area (Å²) < 4.78 is 5.04. The molecule has 0 aliphatic carbocycles. The highest BCUT2D eigenvalue weighted by atomic mass is 16.5. The smallest absolute Gasteiger partial charge is 0.151 e. The molecular formula is C10H12N4O. The molecule has 0 heterocycles. The molecule has 1 rings (SSSR count). The first kappa shape index (κ1) is 10.9. The summed E-state index contributed by atoms with van der Waals surface area (Å²) in [5.74, 6) is 5.82. The Hall–Kier alpha value is -2.19. The van der Waals surface area contributed by atoms with Crippen LogP contribution in [-0.2, 0) is 0 Å². The molecule has 0 aliphatic heterocycles. The third-order valence-corrected chi connectivity index (χ3v) is 1.91. The normalized spacial score (nSPS) is 11.3. The second-order valence-electron chi connectivity index (χ2n) is 2.78. The van der Waals surface area contributed by atoms with Gasteiger partial charge in [-0.15, -0.1) is 0 Å². The molecule has 1 aromatic rings. The SMILES string of the molecule is COc1cccc(/C(N)=C(\C#N)NN)c1. The molecule has 0 atom stereocenters. The van der Waals surface area contributed by atoms with Crippen molar-refractivity contribution < 1.29 is 4.74 Å². The van der Waals surface area contributed by atoms with Gasteiger partial charge in [0.2, 0.25) is 0 Å². The molecule has 0 saturated heterocycles. The molecule has 5 heteroatoms. The topological polar surface area (TPSA) is 97.1 Å². The zero-order chi connectivity index (χ0) is 11.3. The highest BCUT2D eigenvalue weighted by Crippen LogP contribution is 2.17. The largest absolute Gasteiger partial charge is 0.497 e. The van der Waals surface area contributed by atoms with Crippen LogP contribution in [0.1, 0.15) is 5.56 Å². The van der Waals surface area contributed by atoms with Gasteiger partial charge in [0.1, 0.15) is 11.8 Å². The van der Waals surface area contributed by atoms with Gasteiger partial charge in [-0.2, -0.15) is 5.26 Å². The minimum atomic E-state index is 0.128. The van der Waals surface area contributed by atoms with Crippen LogP contribution in [0.4, 0.5) is 0 Å². The van der Waals surface area contributed by atoms with Crippen molar-refractivity contribution in [1.82, 2.24) is 5.43 Å². The number of hydrogen-bond acceptors (Lipinski definition) is 5. The number of ether oxygens (including phenoxy) is 1. The summed E-state index contributed by atoms with van der Waals surface area (Å²) in [6, 6.07) is 8.94. The van der Waals surface area contributed by atoms with Crippen LogP contribution in [0.25, 0.3) is 5.70 Å². The summed E-state index contributed by atoms with van der Waals surface area (Å²) in [7, 11) is 1.56. The van der Waals surface area contributed by atoms with E-state index in [0.29, 0.717) is 17.0 Å². The summed E-state index contributed by atoms with van der Waals surface area (Å²) in [6.07, 6.45) is 0. The molecule has 78 valence electrons. The van der Waals surface area contributed by atoms with Gasteiger partial charge in [0.25, 0.3) is 0 Å². The average Bonchev–Trinajstić information content (AvgIpc) is 2.30. The second-order valence-corrected chi connectivity index (χ2v) is 2.78. The number of nitrogens with two attached hydrogens (primary N) is 2. The van der Waals surface area contributed by atoms with Crippen molar-refractivity contribution in [2.45, 2.75) is 0 Å². The van der Waals surface area contributed by atoms with Crippen molar-refractivity contribution in [2.24, 2.45) is 11.6 Å². The minimum Gasteiger partial charge on any atom is -0.497 e. The molecule has 0 spiro atoms. The lowest BCUT2D eigenvalue weighted by Crippen LogP contribution is -2.23. The Morgan fingerprint density at radius 1 is 1.53 bits per heavy atom. The lowest BCUT2D eigenvalue weighted by molar-refractivity contribution is 0.414. The van der Waals surface area contributed by atoms with E-state index in [1.54, 1.807) is 31.4 Å². The third kappa shape index (κ3) is 2.39. The Labute approximate surface area is 87.9 Å². The van der Waals surface area contributed by atoms with E-state index >= 15 is 0 Å². The first-order valence-electron chi connectivity index (χ1n) is 4.23. The zero-order valence-corrected chi connectivity index (χ0v) is 8.32. The number of hydrogen-bond donors (Lipinski definition) is 3. The molecule has 5 nitrogen and oxygen atoms in total. The molecule has 1 aromatic carbocycles. The number of methoxy groups -OCH3 is 1. The lowest BCUT2D eigenvalue weighted by atomic mass is 10.1. The van der Waals surface area contributed by atoms with Gasteiger partial charge in [-0.3, -0.25) is 0 Å². The quantitative estimate of drug-likeness (QED) is 0.374. The van der Waals surface area contributed by atoms with Crippen LogP contribution in [0.3, 0.4) is 0 Å². The van der Waals surface area contributed by atoms with Crippen molar-refractivity contribution in [3.63, 3.8) is 0 Å². The van der Waals surface area contributed by atoms with Gasteiger partial charge < -0.3 is 15.9 Å². The second kappa shape index (κ2) is 4.88. The predicted molar refractivity (Wildman–Crippen MR) is 57.0 cm³/mol. The standard InChI is InChI=1S/C10H12N4O/c1-15-8-4-2-3-7(5-8)10(12)9(6-11)14-13/h2-5,14H,12-13H2,1H3/b10-9-. The maximum atomic E-state index is 8.72. The maximum Gasteiger partial charge on any atom is 0.151 e. The molecule has 0 unspecified atom stereocenters. The number of nitrogens with zero attached hydrogens (tertiary/aromatic N) is 1. The number of nitrogens with one attached hydrogen (secondary N) is 1. The van der Waals surface area contributed by atoms with Crippen LogP contribution < -0.4 is 21.7 Å². The minimum absolute atomic E-state index is 0.128. The number of hydrazine groups is 1. The monoisotopic (exact) mass is 204 g/mol. The molecule has 0 radical (unpaired) electrons. The molecule has 0 aromatic heterocycles. The summed E-state index contributed by atoms with van der Waals surface area (Å²) in [6.45, 7) is 0.